The highest BCUT2D eigenvalue weighted by Crippen LogP contribution is 2.32. The predicted molar refractivity (Wildman–Crippen MR) is 122 cm³/mol. The van der Waals surface area contributed by atoms with Gasteiger partial charge >= 0.3 is 5.97 Å². The molecule has 0 radical (unpaired) electrons. The number of methoxy groups -OCH3 is 1. The number of carbonyl (C=O) groups excluding carboxylic acids is 2. The summed E-state index contributed by atoms with van der Waals surface area (Å²) in [5.74, 6) is -1.48. The van der Waals surface area contributed by atoms with Crippen molar-refractivity contribution in [3.05, 3.63) is 62.7 Å². The molecule has 0 saturated carbocycles. The van der Waals surface area contributed by atoms with Crippen molar-refractivity contribution in [3.8, 4) is 5.75 Å². The van der Waals surface area contributed by atoms with Gasteiger partial charge in [0.15, 0.2) is 6.10 Å². The number of rotatable bonds is 8. The van der Waals surface area contributed by atoms with Crippen molar-refractivity contribution >= 4 is 34.6 Å². The van der Waals surface area contributed by atoms with Crippen molar-refractivity contribution in [2.75, 3.05) is 30.4 Å². The van der Waals surface area contributed by atoms with Crippen molar-refractivity contribution in [2.45, 2.75) is 25.9 Å². The van der Waals surface area contributed by atoms with Gasteiger partial charge in [0.05, 0.1) is 28.9 Å². The van der Waals surface area contributed by atoms with E-state index in [-0.39, 0.29) is 22.8 Å². The van der Waals surface area contributed by atoms with Gasteiger partial charge in [-0.05, 0) is 38.0 Å². The number of piperidine rings is 1. The normalized spacial score (nSPS) is 14.7. The van der Waals surface area contributed by atoms with Gasteiger partial charge in [0, 0.05) is 19.2 Å². The standard InChI is InChI=1S/C22H24N4O8/c1-14(21(27)23-17-8-7-16(33-2)13-20(17)26(31)32)34-22(28)15-9-11-24(12-10-15)18-5-3-4-6-19(18)25(29)30/h3-8,13-15H,9-12H2,1-2H3,(H,23,27). The number of ether oxygens (including phenoxy) is 2. The van der Waals surface area contributed by atoms with Crippen LogP contribution in [0.2, 0.25) is 0 Å². The minimum atomic E-state index is -1.18. The lowest BCUT2D eigenvalue weighted by Gasteiger charge is -2.32. The van der Waals surface area contributed by atoms with E-state index in [0.29, 0.717) is 31.6 Å². The number of para-hydroxylation sites is 2. The lowest BCUT2D eigenvalue weighted by molar-refractivity contribution is -0.384. The fourth-order valence-electron chi connectivity index (χ4n) is 3.70. The molecule has 1 aliphatic rings. The van der Waals surface area contributed by atoms with Crippen LogP contribution in [0.25, 0.3) is 0 Å². The molecule has 1 amide bonds. The van der Waals surface area contributed by atoms with E-state index in [1.807, 2.05) is 4.90 Å². The molecule has 2 aromatic rings. The first-order chi connectivity index (χ1) is 16.2. The van der Waals surface area contributed by atoms with Gasteiger partial charge in [-0.2, -0.15) is 0 Å². The first kappa shape index (κ1) is 24.4. The summed E-state index contributed by atoms with van der Waals surface area (Å²) in [7, 11) is 1.37. The molecule has 1 aliphatic heterocycles. The van der Waals surface area contributed by atoms with Crippen molar-refractivity contribution in [1.29, 1.82) is 0 Å². The SMILES string of the molecule is COc1ccc(NC(=O)C(C)OC(=O)C2CCN(c3ccccc3[N+](=O)[O-])CC2)c([N+](=O)[O-])c1. The maximum atomic E-state index is 12.6. The first-order valence-electron chi connectivity index (χ1n) is 10.5. The molecule has 0 spiro atoms. The van der Waals surface area contributed by atoms with E-state index in [0.717, 1.165) is 0 Å². The van der Waals surface area contributed by atoms with Crippen LogP contribution in [0, 0.1) is 26.1 Å². The van der Waals surface area contributed by atoms with Crippen LogP contribution in [0.3, 0.4) is 0 Å². The lowest BCUT2D eigenvalue weighted by Crippen LogP contribution is -2.39. The zero-order valence-corrected chi connectivity index (χ0v) is 18.6. The molecule has 12 heteroatoms. The topological polar surface area (TPSA) is 154 Å². The molecule has 0 bridgehead atoms. The number of anilines is 2. The Balaban J connectivity index is 1.57. The number of nitro groups is 2. The molecular formula is C22H24N4O8. The second-order valence-corrected chi connectivity index (χ2v) is 7.72. The summed E-state index contributed by atoms with van der Waals surface area (Å²) in [6.45, 7) is 2.22. The zero-order valence-electron chi connectivity index (χ0n) is 18.6. The summed E-state index contributed by atoms with van der Waals surface area (Å²) in [5, 5.41) is 25.0. The lowest BCUT2D eigenvalue weighted by atomic mass is 9.96. The largest absolute Gasteiger partial charge is 0.496 e. The second-order valence-electron chi connectivity index (χ2n) is 7.72. The fraction of sp³-hybridized carbons (Fsp3) is 0.364. The van der Waals surface area contributed by atoms with Crippen LogP contribution < -0.4 is 15.0 Å². The summed E-state index contributed by atoms with van der Waals surface area (Å²) in [6, 6.07) is 10.4. The molecule has 2 aromatic carbocycles. The van der Waals surface area contributed by atoms with Crippen LogP contribution in [0.1, 0.15) is 19.8 Å². The van der Waals surface area contributed by atoms with Gasteiger partial charge in [-0.3, -0.25) is 29.8 Å². The summed E-state index contributed by atoms with van der Waals surface area (Å²) in [5.41, 5.74) is 0.0969. The van der Waals surface area contributed by atoms with Crippen LogP contribution in [0.15, 0.2) is 42.5 Å². The van der Waals surface area contributed by atoms with E-state index in [1.54, 1.807) is 18.2 Å². The molecule has 0 aromatic heterocycles. The maximum Gasteiger partial charge on any atom is 0.309 e. The Bertz CT molecular complexity index is 1100. The highest BCUT2D eigenvalue weighted by Gasteiger charge is 2.31. The second kappa shape index (κ2) is 10.6. The van der Waals surface area contributed by atoms with Gasteiger partial charge in [-0.15, -0.1) is 0 Å². The number of hydrogen-bond donors (Lipinski definition) is 1. The van der Waals surface area contributed by atoms with E-state index in [1.165, 1.54) is 38.3 Å². The average Bonchev–Trinajstić information content (AvgIpc) is 2.84. The number of benzene rings is 2. The third-order valence-electron chi connectivity index (χ3n) is 5.57. The van der Waals surface area contributed by atoms with E-state index in [9.17, 15) is 29.8 Å². The van der Waals surface area contributed by atoms with Gasteiger partial charge in [-0.1, -0.05) is 12.1 Å². The van der Waals surface area contributed by atoms with Crippen molar-refractivity contribution < 1.29 is 28.9 Å². The molecule has 3 rings (SSSR count). The highest BCUT2D eigenvalue weighted by atomic mass is 16.6. The molecule has 1 unspecified atom stereocenters. The molecule has 1 saturated heterocycles. The zero-order chi connectivity index (χ0) is 24.8. The summed E-state index contributed by atoms with van der Waals surface area (Å²) >= 11 is 0. The number of nitro benzene ring substituents is 2. The molecule has 0 aliphatic carbocycles. The van der Waals surface area contributed by atoms with Crippen LogP contribution >= 0.6 is 0 Å². The number of hydrogen-bond acceptors (Lipinski definition) is 9. The molecule has 1 N–H and O–H groups in total. The van der Waals surface area contributed by atoms with Crippen LogP contribution in [-0.4, -0.2) is 48.0 Å². The maximum absolute atomic E-state index is 12.6. The highest BCUT2D eigenvalue weighted by molar-refractivity contribution is 5.97. The van der Waals surface area contributed by atoms with E-state index in [2.05, 4.69) is 5.32 Å². The van der Waals surface area contributed by atoms with E-state index >= 15 is 0 Å². The van der Waals surface area contributed by atoms with Crippen LogP contribution in [0.5, 0.6) is 5.75 Å². The van der Waals surface area contributed by atoms with Crippen LogP contribution in [-0.2, 0) is 14.3 Å². The minimum Gasteiger partial charge on any atom is -0.496 e. The molecule has 180 valence electrons. The smallest absolute Gasteiger partial charge is 0.309 e. The molecule has 1 fully saturated rings. The molecule has 1 atom stereocenters. The average molecular weight is 472 g/mol. The molecule has 1 heterocycles. The first-order valence-corrected chi connectivity index (χ1v) is 10.5. The van der Waals surface area contributed by atoms with Gasteiger partial charge in [0.25, 0.3) is 17.3 Å². The molecule has 34 heavy (non-hydrogen) atoms. The Morgan fingerprint density at radius 2 is 1.71 bits per heavy atom. The Morgan fingerprint density at radius 3 is 2.32 bits per heavy atom. The Kier molecular flexibility index (Phi) is 7.61. The van der Waals surface area contributed by atoms with Crippen LogP contribution in [0.4, 0.5) is 22.7 Å². The Labute approximate surface area is 194 Å². The number of esters is 1. The fourth-order valence-corrected chi connectivity index (χ4v) is 3.70. The quantitative estimate of drug-likeness (QED) is 0.346. The summed E-state index contributed by atoms with van der Waals surface area (Å²) in [6.07, 6.45) is -0.366. The molecule has 12 nitrogen and oxygen atoms in total. The predicted octanol–water partition coefficient (Wildman–Crippen LogP) is 3.30. The third-order valence-corrected chi connectivity index (χ3v) is 5.57. The van der Waals surface area contributed by atoms with Gasteiger partial charge in [0.2, 0.25) is 0 Å². The van der Waals surface area contributed by atoms with Crippen molar-refractivity contribution in [2.24, 2.45) is 5.92 Å². The Morgan fingerprint density at radius 1 is 1.06 bits per heavy atom. The van der Waals surface area contributed by atoms with Crippen molar-refractivity contribution in [3.63, 3.8) is 0 Å². The summed E-state index contributed by atoms with van der Waals surface area (Å²) in [4.78, 5) is 48.4. The van der Waals surface area contributed by atoms with E-state index in [4.69, 9.17) is 9.47 Å². The monoisotopic (exact) mass is 472 g/mol. The third kappa shape index (κ3) is 5.57. The number of nitrogens with zero attached hydrogens (tertiary/aromatic N) is 3. The number of carbonyl (C=O) groups is 2. The van der Waals surface area contributed by atoms with Gasteiger partial charge in [-0.25, -0.2) is 0 Å². The Hall–Kier alpha value is -4.22. The molecular weight excluding hydrogens is 448 g/mol. The number of amides is 1. The van der Waals surface area contributed by atoms with Gasteiger partial charge in [0.1, 0.15) is 17.1 Å². The van der Waals surface area contributed by atoms with Gasteiger partial charge < -0.3 is 19.7 Å². The number of nitrogens with one attached hydrogen (secondary N) is 1. The minimum absolute atomic E-state index is 0.00134. The summed E-state index contributed by atoms with van der Waals surface area (Å²) < 4.78 is 10.3. The van der Waals surface area contributed by atoms with Crippen molar-refractivity contribution in [1.82, 2.24) is 0 Å². The van der Waals surface area contributed by atoms with E-state index < -0.39 is 33.7 Å².